The summed E-state index contributed by atoms with van der Waals surface area (Å²) in [5.41, 5.74) is 0. The molecule has 0 fully saturated rings. The van der Waals surface area contributed by atoms with Gasteiger partial charge >= 0.3 is 5.97 Å². The van der Waals surface area contributed by atoms with Gasteiger partial charge in [0, 0.05) is 12.8 Å². The number of carbonyl (C=O) groups is 2. The highest BCUT2D eigenvalue weighted by molar-refractivity contribution is 5.76. The molecule has 0 saturated heterocycles. The predicted molar refractivity (Wildman–Crippen MR) is 218 cm³/mol. The molecule has 0 spiro atoms. The number of amides is 1. The van der Waals surface area contributed by atoms with Gasteiger partial charge in [-0.05, 0) is 44.9 Å². The maximum Gasteiger partial charge on any atom is 0.305 e. The molecule has 0 aromatic heterocycles. The molecule has 0 heterocycles. The van der Waals surface area contributed by atoms with Gasteiger partial charge in [0.2, 0.25) is 5.91 Å². The molecular formula is C45H87NO5. The summed E-state index contributed by atoms with van der Waals surface area (Å²) < 4.78 is 5.42. The van der Waals surface area contributed by atoms with Gasteiger partial charge in [0.15, 0.2) is 0 Å². The summed E-state index contributed by atoms with van der Waals surface area (Å²) in [5, 5.41) is 23.1. The number of hydrogen-bond acceptors (Lipinski definition) is 5. The topological polar surface area (TPSA) is 95.9 Å². The van der Waals surface area contributed by atoms with Crippen molar-refractivity contribution in [3.63, 3.8) is 0 Å². The second kappa shape index (κ2) is 41.4. The third-order valence-corrected chi connectivity index (χ3v) is 10.3. The molecule has 0 saturated carbocycles. The molecule has 2 atom stereocenters. The van der Waals surface area contributed by atoms with Crippen LogP contribution in [-0.2, 0) is 14.3 Å². The second-order valence-corrected chi connectivity index (χ2v) is 15.4. The Morgan fingerprint density at radius 1 is 0.529 bits per heavy atom. The van der Waals surface area contributed by atoms with Crippen LogP contribution in [0.25, 0.3) is 0 Å². The lowest BCUT2D eigenvalue weighted by atomic mass is 10.0. The van der Waals surface area contributed by atoms with E-state index < -0.39 is 12.1 Å². The average molecular weight is 722 g/mol. The zero-order chi connectivity index (χ0) is 37.3. The largest absolute Gasteiger partial charge is 0.466 e. The molecule has 0 aromatic rings. The van der Waals surface area contributed by atoms with Crippen molar-refractivity contribution in [2.24, 2.45) is 0 Å². The number of hydrogen-bond donors (Lipinski definition) is 3. The third-order valence-electron chi connectivity index (χ3n) is 10.3. The molecule has 1 amide bonds. The standard InChI is InChI=1S/C45H87NO5/c1-3-5-7-9-11-13-15-16-18-21-25-29-33-37-43(48)42(41-47)46-44(49)38-34-30-26-22-19-20-24-28-32-36-40-51-45(50)39-35-31-27-23-17-14-12-10-8-6-4-2/h10,12,42-43,47-48H,3-9,11,13-41H2,1-2H3,(H,46,49)/b12-10-. The van der Waals surface area contributed by atoms with Gasteiger partial charge in [-0.15, -0.1) is 0 Å². The third kappa shape index (κ3) is 38.1. The molecule has 302 valence electrons. The highest BCUT2D eigenvalue weighted by Crippen LogP contribution is 2.15. The first kappa shape index (κ1) is 49.6. The van der Waals surface area contributed by atoms with Crippen molar-refractivity contribution in [2.75, 3.05) is 13.2 Å². The van der Waals surface area contributed by atoms with E-state index in [2.05, 4.69) is 31.3 Å². The fraction of sp³-hybridized carbons (Fsp3) is 0.911. The van der Waals surface area contributed by atoms with Crippen LogP contribution < -0.4 is 5.32 Å². The van der Waals surface area contributed by atoms with Gasteiger partial charge in [-0.2, -0.15) is 0 Å². The summed E-state index contributed by atoms with van der Waals surface area (Å²) in [4.78, 5) is 24.3. The Balaban J connectivity index is 3.50. The van der Waals surface area contributed by atoms with Crippen LogP contribution in [0.15, 0.2) is 12.2 Å². The summed E-state index contributed by atoms with van der Waals surface area (Å²) in [6.07, 6.45) is 44.4. The van der Waals surface area contributed by atoms with Crippen LogP contribution >= 0.6 is 0 Å². The Morgan fingerprint density at radius 2 is 0.941 bits per heavy atom. The van der Waals surface area contributed by atoms with Crippen LogP contribution in [0.5, 0.6) is 0 Å². The number of allylic oxidation sites excluding steroid dienone is 2. The number of rotatable bonds is 41. The van der Waals surface area contributed by atoms with Crippen molar-refractivity contribution < 1.29 is 24.5 Å². The minimum absolute atomic E-state index is 0.0302. The number of ether oxygens (including phenoxy) is 1. The first-order valence-corrected chi connectivity index (χ1v) is 22.4. The van der Waals surface area contributed by atoms with Gasteiger partial charge in [-0.1, -0.05) is 193 Å². The second-order valence-electron chi connectivity index (χ2n) is 15.4. The smallest absolute Gasteiger partial charge is 0.305 e. The first-order chi connectivity index (χ1) is 25.0. The van der Waals surface area contributed by atoms with E-state index in [0.29, 0.717) is 25.9 Å². The van der Waals surface area contributed by atoms with Gasteiger partial charge in [-0.25, -0.2) is 0 Å². The Morgan fingerprint density at radius 3 is 1.45 bits per heavy atom. The lowest BCUT2D eigenvalue weighted by Gasteiger charge is -2.22. The summed E-state index contributed by atoms with van der Waals surface area (Å²) >= 11 is 0. The molecule has 51 heavy (non-hydrogen) atoms. The minimum atomic E-state index is -0.677. The van der Waals surface area contributed by atoms with E-state index in [1.165, 1.54) is 148 Å². The van der Waals surface area contributed by atoms with Crippen molar-refractivity contribution in [1.29, 1.82) is 0 Å². The molecule has 0 aromatic carbocycles. The maximum absolute atomic E-state index is 12.4. The fourth-order valence-corrected chi connectivity index (χ4v) is 6.79. The van der Waals surface area contributed by atoms with Gasteiger partial charge in [-0.3, -0.25) is 9.59 Å². The number of unbranched alkanes of at least 4 members (excludes halogenated alkanes) is 28. The van der Waals surface area contributed by atoms with Gasteiger partial charge in [0.05, 0.1) is 25.4 Å². The molecule has 3 N–H and O–H groups in total. The summed E-state index contributed by atoms with van der Waals surface area (Å²) in [6.45, 7) is 4.85. The molecule has 0 aliphatic heterocycles. The number of aliphatic hydroxyl groups is 2. The zero-order valence-electron chi connectivity index (χ0n) is 34.1. The average Bonchev–Trinajstić information content (AvgIpc) is 3.13. The molecule has 2 unspecified atom stereocenters. The molecule has 6 heteroatoms. The van der Waals surface area contributed by atoms with E-state index in [9.17, 15) is 19.8 Å². The van der Waals surface area contributed by atoms with Crippen LogP contribution in [0, 0.1) is 0 Å². The maximum atomic E-state index is 12.4. The van der Waals surface area contributed by atoms with E-state index in [1.54, 1.807) is 0 Å². The number of esters is 1. The van der Waals surface area contributed by atoms with Crippen molar-refractivity contribution in [3.05, 3.63) is 12.2 Å². The molecule has 0 radical (unpaired) electrons. The Labute approximate surface area is 317 Å². The fourth-order valence-electron chi connectivity index (χ4n) is 6.79. The molecular weight excluding hydrogens is 634 g/mol. The summed E-state index contributed by atoms with van der Waals surface area (Å²) in [7, 11) is 0. The molecule has 0 bridgehead atoms. The van der Waals surface area contributed by atoms with Crippen molar-refractivity contribution in [2.45, 2.75) is 251 Å². The highest BCUT2D eigenvalue weighted by atomic mass is 16.5. The van der Waals surface area contributed by atoms with Crippen LogP contribution in [0.2, 0.25) is 0 Å². The van der Waals surface area contributed by atoms with Crippen LogP contribution in [0.4, 0.5) is 0 Å². The normalized spacial score (nSPS) is 12.8. The molecule has 0 aliphatic carbocycles. The molecule has 0 rings (SSSR count). The van der Waals surface area contributed by atoms with Gasteiger partial charge in [0.25, 0.3) is 0 Å². The van der Waals surface area contributed by atoms with Crippen molar-refractivity contribution in [1.82, 2.24) is 5.32 Å². The van der Waals surface area contributed by atoms with E-state index in [1.807, 2.05) is 0 Å². The van der Waals surface area contributed by atoms with Crippen molar-refractivity contribution >= 4 is 11.9 Å². The minimum Gasteiger partial charge on any atom is -0.466 e. The number of carbonyl (C=O) groups excluding carboxylic acids is 2. The predicted octanol–water partition coefficient (Wildman–Crippen LogP) is 12.6. The Hall–Kier alpha value is -1.40. The number of nitrogens with one attached hydrogen (secondary N) is 1. The van der Waals surface area contributed by atoms with E-state index in [-0.39, 0.29) is 18.5 Å². The zero-order valence-corrected chi connectivity index (χ0v) is 34.1. The lowest BCUT2D eigenvalue weighted by Crippen LogP contribution is -2.45. The summed E-state index contributed by atoms with van der Waals surface area (Å²) in [5.74, 6) is -0.0892. The first-order valence-electron chi connectivity index (χ1n) is 22.4. The Kier molecular flexibility index (Phi) is 40.2. The van der Waals surface area contributed by atoms with Crippen LogP contribution in [0.3, 0.4) is 0 Å². The monoisotopic (exact) mass is 722 g/mol. The highest BCUT2D eigenvalue weighted by Gasteiger charge is 2.20. The van der Waals surface area contributed by atoms with E-state index in [4.69, 9.17) is 4.74 Å². The van der Waals surface area contributed by atoms with Crippen LogP contribution in [0.1, 0.15) is 239 Å². The molecule has 6 nitrogen and oxygen atoms in total. The van der Waals surface area contributed by atoms with Crippen LogP contribution in [-0.4, -0.2) is 47.4 Å². The van der Waals surface area contributed by atoms with Gasteiger partial charge in [0.1, 0.15) is 0 Å². The summed E-state index contributed by atoms with van der Waals surface area (Å²) in [6, 6.07) is -0.556. The number of aliphatic hydroxyl groups excluding tert-OH is 2. The van der Waals surface area contributed by atoms with Gasteiger partial charge < -0.3 is 20.3 Å². The lowest BCUT2D eigenvalue weighted by molar-refractivity contribution is -0.143. The Bertz CT molecular complexity index is 757. The van der Waals surface area contributed by atoms with E-state index >= 15 is 0 Å². The quantitative estimate of drug-likeness (QED) is 0.0332. The molecule has 0 aliphatic rings. The SMILES string of the molecule is CCCC/C=C\CCCCCCCC(=O)OCCCCCCCCCCCCC(=O)NC(CO)C(O)CCCCCCCCCCCCCCC. The van der Waals surface area contributed by atoms with E-state index in [0.717, 1.165) is 57.8 Å². The van der Waals surface area contributed by atoms with Crippen molar-refractivity contribution in [3.8, 4) is 0 Å².